The maximum Gasteiger partial charge on any atom is 0.149 e. The van der Waals surface area contributed by atoms with Gasteiger partial charge in [0.05, 0.1) is 21.8 Å². The third-order valence-electron chi connectivity index (χ3n) is 4.36. The minimum atomic E-state index is 0.163. The Labute approximate surface area is 124 Å². The minimum absolute atomic E-state index is 0.163. The van der Waals surface area contributed by atoms with E-state index in [0.717, 1.165) is 21.8 Å². The predicted octanol–water partition coefficient (Wildman–Crippen LogP) is 4.37. The number of fused-ring (bicyclic) bond motifs is 6. The summed E-state index contributed by atoms with van der Waals surface area (Å²) in [6.07, 6.45) is 0. The molecule has 0 radical (unpaired) electrons. The predicted molar refractivity (Wildman–Crippen MR) is 88.5 cm³/mol. The molecule has 2 heterocycles. The van der Waals surface area contributed by atoms with Gasteiger partial charge < -0.3 is 20.2 Å². The molecule has 0 saturated heterocycles. The SMILES string of the molecule is Oc1c2[nH]c3ccccc3c2c(O)c2[nH]c3ccccc3c12. The number of phenolic OH excluding ortho intramolecular Hbond substituents is 2. The van der Waals surface area contributed by atoms with E-state index in [1.807, 2.05) is 48.5 Å². The fourth-order valence-corrected chi connectivity index (χ4v) is 3.38. The van der Waals surface area contributed by atoms with Crippen LogP contribution in [0.25, 0.3) is 43.6 Å². The van der Waals surface area contributed by atoms with Gasteiger partial charge in [0.1, 0.15) is 11.5 Å². The number of para-hydroxylation sites is 2. The molecule has 4 heteroatoms. The van der Waals surface area contributed by atoms with Crippen LogP contribution >= 0.6 is 0 Å². The quantitative estimate of drug-likeness (QED) is 0.320. The van der Waals surface area contributed by atoms with E-state index < -0.39 is 0 Å². The van der Waals surface area contributed by atoms with Gasteiger partial charge in [-0.1, -0.05) is 36.4 Å². The molecule has 0 bridgehead atoms. The third kappa shape index (κ3) is 1.22. The number of H-pyrrole nitrogens is 2. The molecule has 0 aliphatic carbocycles. The largest absolute Gasteiger partial charge is 0.505 e. The lowest BCUT2D eigenvalue weighted by atomic mass is 10.1. The van der Waals surface area contributed by atoms with Gasteiger partial charge in [-0.15, -0.1) is 0 Å². The molecule has 0 amide bonds. The molecule has 0 saturated carbocycles. The van der Waals surface area contributed by atoms with Crippen LogP contribution in [0.15, 0.2) is 48.5 Å². The van der Waals surface area contributed by atoms with Crippen LogP contribution in [0.3, 0.4) is 0 Å². The Balaban J connectivity index is 2.15. The number of aromatic amines is 2. The summed E-state index contributed by atoms with van der Waals surface area (Å²) in [7, 11) is 0. The molecule has 5 aromatic rings. The molecule has 0 fully saturated rings. The number of hydrogen-bond donors (Lipinski definition) is 4. The van der Waals surface area contributed by atoms with Gasteiger partial charge in [-0.25, -0.2) is 0 Å². The van der Waals surface area contributed by atoms with Crippen LogP contribution in [0.5, 0.6) is 11.5 Å². The van der Waals surface area contributed by atoms with Crippen molar-refractivity contribution in [2.45, 2.75) is 0 Å². The van der Waals surface area contributed by atoms with E-state index in [2.05, 4.69) is 9.97 Å². The summed E-state index contributed by atoms with van der Waals surface area (Å²) in [6.45, 7) is 0. The van der Waals surface area contributed by atoms with Gasteiger partial charge in [-0.2, -0.15) is 0 Å². The van der Waals surface area contributed by atoms with Gasteiger partial charge in [0, 0.05) is 21.8 Å². The monoisotopic (exact) mass is 288 g/mol. The first kappa shape index (κ1) is 11.5. The molecule has 5 rings (SSSR count). The Hall–Kier alpha value is -3.14. The highest BCUT2D eigenvalue weighted by Gasteiger charge is 2.20. The average molecular weight is 288 g/mol. The number of phenols is 2. The summed E-state index contributed by atoms with van der Waals surface area (Å²) in [6, 6.07) is 15.4. The van der Waals surface area contributed by atoms with E-state index in [-0.39, 0.29) is 11.5 Å². The maximum atomic E-state index is 10.8. The summed E-state index contributed by atoms with van der Waals surface area (Å²) in [5.41, 5.74) is 2.91. The molecule has 22 heavy (non-hydrogen) atoms. The number of nitrogens with one attached hydrogen (secondary N) is 2. The van der Waals surface area contributed by atoms with Crippen LogP contribution in [0.4, 0.5) is 0 Å². The van der Waals surface area contributed by atoms with Gasteiger partial charge in [-0.3, -0.25) is 0 Å². The summed E-state index contributed by atoms with van der Waals surface area (Å²) in [4.78, 5) is 6.42. The summed E-state index contributed by atoms with van der Waals surface area (Å²) in [5.74, 6) is 0.327. The van der Waals surface area contributed by atoms with Crippen molar-refractivity contribution in [3.05, 3.63) is 48.5 Å². The fraction of sp³-hybridized carbons (Fsp3) is 0. The number of aromatic nitrogens is 2. The molecular formula is C18H12N2O2. The van der Waals surface area contributed by atoms with Crippen molar-refractivity contribution in [2.75, 3.05) is 0 Å². The van der Waals surface area contributed by atoms with E-state index in [4.69, 9.17) is 0 Å². The van der Waals surface area contributed by atoms with Gasteiger partial charge in [0.25, 0.3) is 0 Å². The molecule has 0 spiro atoms. The second-order valence-corrected chi connectivity index (χ2v) is 5.54. The van der Waals surface area contributed by atoms with Crippen molar-refractivity contribution in [2.24, 2.45) is 0 Å². The van der Waals surface area contributed by atoms with Crippen LogP contribution in [0.1, 0.15) is 0 Å². The zero-order valence-electron chi connectivity index (χ0n) is 11.5. The first-order valence-electron chi connectivity index (χ1n) is 7.10. The van der Waals surface area contributed by atoms with E-state index in [0.29, 0.717) is 21.8 Å². The molecule has 0 aliphatic heterocycles. The smallest absolute Gasteiger partial charge is 0.149 e. The topological polar surface area (TPSA) is 72.0 Å². The Morgan fingerprint density at radius 3 is 1.45 bits per heavy atom. The Morgan fingerprint density at radius 2 is 1.00 bits per heavy atom. The van der Waals surface area contributed by atoms with Crippen molar-refractivity contribution in [1.82, 2.24) is 9.97 Å². The standard InChI is InChI=1S/C18H12N2O2/c21-17-13-9-5-1-3-7-11(9)19-15(13)18(22)14-10-6-2-4-8-12(10)20-16(14)17/h1-8,19-22H. The zero-order chi connectivity index (χ0) is 14.8. The van der Waals surface area contributed by atoms with Crippen LogP contribution in [-0.4, -0.2) is 20.2 Å². The lowest BCUT2D eigenvalue weighted by Crippen LogP contribution is -1.77. The van der Waals surface area contributed by atoms with E-state index in [9.17, 15) is 10.2 Å². The van der Waals surface area contributed by atoms with Crippen LogP contribution in [-0.2, 0) is 0 Å². The Bertz CT molecular complexity index is 1100. The molecule has 0 aliphatic rings. The normalized spacial score (nSPS) is 12.0. The minimum Gasteiger partial charge on any atom is -0.505 e. The Kier molecular flexibility index (Phi) is 1.96. The second-order valence-electron chi connectivity index (χ2n) is 5.54. The molecule has 4 N–H and O–H groups in total. The van der Waals surface area contributed by atoms with Gasteiger partial charge in [0.2, 0.25) is 0 Å². The van der Waals surface area contributed by atoms with Crippen LogP contribution in [0.2, 0.25) is 0 Å². The van der Waals surface area contributed by atoms with Gasteiger partial charge in [-0.05, 0) is 12.1 Å². The highest BCUT2D eigenvalue weighted by molar-refractivity contribution is 6.24. The Morgan fingerprint density at radius 1 is 0.591 bits per heavy atom. The molecule has 4 nitrogen and oxygen atoms in total. The molecule has 106 valence electrons. The maximum absolute atomic E-state index is 10.8. The molecular weight excluding hydrogens is 276 g/mol. The first-order valence-corrected chi connectivity index (χ1v) is 7.10. The third-order valence-corrected chi connectivity index (χ3v) is 4.36. The van der Waals surface area contributed by atoms with Gasteiger partial charge in [0.15, 0.2) is 0 Å². The van der Waals surface area contributed by atoms with Crippen molar-refractivity contribution in [3.63, 3.8) is 0 Å². The lowest BCUT2D eigenvalue weighted by molar-refractivity contribution is 0.478. The average Bonchev–Trinajstić information content (AvgIpc) is 3.12. The van der Waals surface area contributed by atoms with Crippen molar-refractivity contribution >= 4 is 43.6 Å². The highest BCUT2D eigenvalue weighted by atomic mass is 16.3. The first-order chi connectivity index (χ1) is 10.8. The summed E-state index contributed by atoms with van der Waals surface area (Å²) < 4.78 is 0. The molecule has 0 unspecified atom stereocenters. The molecule has 3 aromatic carbocycles. The van der Waals surface area contributed by atoms with Crippen molar-refractivity contribution in [1.29, 1.82) is 0 Å². The van der Waals surface area contributed by atoms with E-state index >= 15 is 0 Å². The summed E-state index contributed by atoms with van der Waals surface area (Å²) in [5, 5.41) is 24.6. The molecule has 2 aromatic heterocycles. The molecule has 0 atom stereocenters. The highest BCUT2D eigenvalue weighted by Crippen LogP contribution is 2.46. The van der Waals surface area contributed by atoms with Crippen LogP contribution < -0.4 is 0 Å². The summed E-state index contributed by atoms with van der Waals surface area (Å²) >= 11 is 0. The number of aromatic hydroxyl groups is 2. The van der Waals surface area contributed by atoms with E-state index in [1.54, 1.807) is 0 Å². The number of benzene rings is 3. The second kappa shape index (κ2) is 3.74. The van der Waals surface area contributed by atoms with Gasteiger partial charge >= 0.3 is 0 Å². The van der Waals surface area contributed by atoms with Crippen molar-refractivity contribution < 1.29 is 10.2 Å². The van der Waals surface area contributed by atoms with Crippen LogP contribution in [0, 0.1) is 0 Å². The zero-order valence-corrected chi connectivity index (χ0v) is 11.5. The van der Waals surface area contributed by atoms with Crippen molar-refractivity contribution in [3.8, 4) is 11.5 Å². The number of rotatable bonds is 0. The van der Waals surface area contributed by atoms with E-state index in [1.165, 1.54) is 0 Å². The lowest BCUT2D eigenvalue weighted by Gasteiger charge is -2.03. The fourth-order valence-electron chi connectivity index (χ4n) is 3.38. The number of hydrogen-bond acceptors (Lipinski definition) is 2.